The van der Waals surface area contributed by atoms with Gasteiger partial charge >= 0.3 is 0 Å². The Bertz CT molecular complexity index is 997. The molecule has 26 heavy (non-hydrogen) atoms. The molecule has 0 saturated carbocycles. The number of rotatable bonds is 5. The molecule has 5 heteroatoms. The third kappa shape index (κ3) is 3.72. The summed E-state index contributed by atoms with van der Waals surface area (Å²) in [6.45, 7) is 4.62. The Morgan fingerprint density at radius 1 is 0.923 bits per heavy atom. The second-order valence-corrected chi connectivity index (χ2v) is 6.50. The average molecular weight is 344 g/mol. The zero-order chi connectivity index (χ0) is 17.9. The van der Waals surface area contributed by atoms with E-state index in [0.717, 1.165) is 34.9 Å². The van der Waals surface area contributed by atoms with Crippen LogP contribution in [-0.4, -0.2) is 20.0 Å². The molecule has 0 saturated heterocycles. The molecular formula is C21H20N4O. The van der Waals surface area contributed by atoms with Crippen LogP contribution in [0.15, 0.2) is 65.3 Å². The molecule has 5 nitrogen and oxygen atoms in total. The van der Waals surface area contributed by atoms with E-state index in [1.54, 1.807) is 0 Å². The molecule has 130 valence electrons. The topological polar surface area (TPSA) is 56.7 Å². The maximum Gasteiger partial charge on any atom is 0.114 e. The fourth-order valence-corrected chi connectivity index (χ4v) is 2.86. The number of benzene rings is 1. The molecule has 0 atom stereocenters. The molecule has 0 aliphatic carbocycles. The summed E-state index contributed by atoms with van der Waals surface area (Å²) >= 11 is 0. The zero-order valence-electron chi connectivity index (χ0n) is 14.9. The summed E-state index contributed by atoms with van der Waals surface area (Å²) in [5, 5.41) is 8.48. The van der Waals surface area contributed by atoms with Gasteiger partial charge in [-0.2, -0.15) is 0 Å². The molecule has 4 aromatic rings. The van der Waals surface area contributed by atoms with Crippen LogP contribution in [0.2, 0.25) is 0 Å². The van der Waals surface area contributed by atoms with Crippen LogP contribution in [0.5, 0.6) is 0 Å². The fourth-order valence-electron chi connectivity index (χ4n) is 2.86. The summed E-state index contributed by atoms with van der Waals surface area (Å²) in [6.07, 6.45) is 4.59. The van der Waals surface area contributed by atoms with E-state index < -0.39 is 0 Å². The molecule has 3 heterocycles. The lowest BCUT2D eigenvalue weighted by Crippen LogP contribution is -2.00. The lowest BCUT2D eigenvalue weighted by Gasteiger charge is -2.03. The van der Waals surface area contributed by atoms with Crippen molar-refractivity contribution in [2.24, 2.45) is 0 Å². The Hall–Kier alpha value is -3.21. The Labute approximate surface area is 152 Å². The van der Waals surface area contributed by atoms with E-state index in [-0.39, 0.29) is 0 Å². The highest BCUT2D eigenvalue weighted by molar-refractivity contribution is 5.56. The number of hydrogen-bond donors (Lipinski definition) is 0. The first-order chi connectivity index (χ1) is 12.7. The summed E-state index contributed by atoms with van der Waals surface area (Å²) in [5.41, 5.74) is 5.22. The number of aromatic nitrogens is 4. The summed E-state index contributed by atoms with van der Waals surface area (Å²) in [4.78, 5) is 4.31. The van der Waals surface area contributed by atoms with E-state index >= 15 is 0 Å². The highest BCUT2D eigenvalue weighted by Gasteiger charge is 2.06. The van der Waals surface area contributed by atoms with Crippen molar-refractivity contribution >= 4 is 0 Å². The van der Waals surface area contributed by atoms with Gasteiger partial charge in [0.25, 0.3) is 0 Å². The van der Waals surface area contributed by atoms with Gasteiger partial charge in [-0.25, -0.2) is 4.68 Å². The normalized spacial score (nSPS) is 11.0. The Morgan fingerprint density at radius 2 is 1.73 bits per heavy atom. The molecule has 1 aromatic carbocycles. The largest absolute Gasteiger partial charge is 0.466 e. The maximum absolute atomic E-state index is 5.64. The van der Waals surface area contributed by atoms with Gasteiger partial charge in [-0.15, -0.1) is 5.10 Å². The number of furan rings is 1. The third-order valence-electron chi connectivity index (χ3n) is 4.29. The van der Waals surface area contributed by atoms with E-state index in [4.69, 9.17) is 4.42 Å². The van der Waals surface area contributed by atoms with Gasteiger partial charge in [0, 0.05) is 23.9 Å². The quantitative estimate of drug-likeness (QED) is 0.545. The van der Waals surface area contributed by atoms with Gasteiger partial charge in [0.15, 0.2) is 0 Å². The molecule has 0 unspecified atom stereocenters. The van der Waals surface area contributed by atoms with Crippen molar-refractivity contribution < 1.29 is 4.42 Å². The van der Waals surface area contributed by atoms with Crippen molar-refractivity contribution in [1.82, 2.24) is 20.0 Å². The second kappa shape index (κ2) is 6.96. The van der Waals surface area contributed by atoms with E-state index in [0.29, 0.717) is 6.54 Å². The Morgan fingerprint density at radius 3 is 2.42 bits per heavy atom. The molecule has 0 bridgehead atoms. The molecule has 0 fully saturated rings. The van der Waals surface area contributed by atoms with Crippen molar-refractivity contribution in [3.63, 3.8) is 0 Å². The van der Waals surface area contributed by atoms with Crippen LogP contribution in [0.1, 0.15) is 28.3 Å². The highest BCUT2D eigenvalue weighted by Crippen LogP contribution is 2.17. The van der Waals surface area contributed by atoms with Gasteiger partial charge in [0.1, 0.15) is 17.2 Å². The van der Waals surface area contributed by atoms with Crippen LogP contribution in [-0.2, 0) is 13.0 Å². The van der Waals surface area contributed by atoms with Crippen molar-refractivity contribution in [1.29, 1.82) is 0 Å². The first-order valence-corrected chi connectivity index (χ1v) is 8.62. The summed E-state index contributed by atoms with van der Waals surface area (Å²) < 4.78 is 7.49. The van der Waals surface area contributed by atoms with Crippen LogP contribution in [0, 0.1) is 13.8 Å². The lowest BCUT2D eigenvalue weighted by molar-refractivity contribution is 0.493. The number of hydrogen-bond acceptors (Lipinski definition) is 4. The molecule has 3 aromatic heterocycles. The monoisotopic (exact) mass is 344 g/mol. The SMILES string of the molecule is Cc1ccc(-c2cn(Cc3ccc(Cc4ccc(C)o4)cc3)nn2)cn1. The van der Waals surface area contributed by atoms with E-state index in [9.17, 15) is 0 Å². The molecule has 4 rings (SSSR count). The minimum absolute atomic E-state index is 0.687. The number of pyridine rings is 1. The molecule has 0 N–H and O–H groups in total. The van der Waals surface area contributed by atoms with Gasteiger partial charge in [-0.05, 0) is 49.2 Å². The molecule has 0 aliphatic rings. The molecule has 0 aliphatic heterocycles. The third-order valence-corrected chi connectivity index (χ3v) is 4.29. The number of nitrogens with zero attached hydrogens (tertiary/aromatic N) is 4. The molecule has 0 spiro atoms. The molecule has 0 amide bonds. The smallest absolute Gasteiger partial charge is 0.114 e. The number of aryl methyl sites for hydroxylation is 2. The predicted molar refractivity (Wildman–Crippen MR) is 99.8 cm³/mol. The van der Waals surface area contributed by atoms with Crippen LogP contribution in [0.4, 0.5) is 0 Å². The molecular weight excluding hydrogens is 324 g/mol. The summed E-state index contributed by atoms with van der Waals surface area (Å²) in [5.74, 6) is 1.94. The van der Waals surface area contributed by atoms with Gasteiger partial charge in [-0.1, -0.05) is 29.5 Å². The predicted octanol–water partition coefficient (Wildman–Crippen LogP) is 4.19. The standard InChI is InChI=1S/C21H20N4O/c1-15-3-9-19(12-22-15)21-14-25(24-23-21)13-18-7-5-17(6-8-18)11-20-10-4-16(2)26-20/h3-10,12,14H,11,13H2,1-2H3. The van der Waals surface area contributed by atoms with Gasteiger partial charge in [0.2, 0.25) is 0 Å². The van der Waals surface area contributed by atoms with Gasteiger partial charge in [0.05, 0.1) is 12.7 Å². The van der Waals surface area contributed by atoms with Crippen molar-refractivity contribution in [3.05, 3.63) is 89.3 Å². The minimum atomic E-state index is 0.687. The maximum atomic E-state index is 5.64. The van der Waals surface area contributed by atoms with Crippen LogP contribution in [0.3, 0.4) is 0 Å². The minimum Gasteiger partial charge on any atom is -0.466 e. The van der Waals surface area contributed by atoms with E-state index in [2.05, 4.69) is 39.6 Å². The van der Waals surface area contributed by atoms with E-state index in [1.807, 2.05) is 55.2 Å². The van der Waals surface area contributed by atoms with Crippen molar-refractivity contribution in [3.8, 4) is 11.3 Å². The first-order valence-electron chi connectivity index (χ1n) is 8.62. The van der Waals surface area contributed by atoms with Crippen molar-refractivity contribution in [2.75, 3.05) is 0 Å². The fraction of sp³-hybridized carbons (Fsp3) is 0.190. The Kier molecular flexibility index (Phi) is 4.35. The van der Waals surface area contributed by atoms with Gasteiger partial charge < -0.3 is 4.42 Å². The van der Waals surface area contributed by atoms with Gasteiger partial charge in [-0.3, -0.25) is 4.98 Å². The lowest BCUT2D eigenvalue weighted by atomic mass is 10.1. The summed E-state index contributed by atoms with van der Waals surface area (Å²) in [7, 11) is 0. The zero-order valence-corrected chi connectivity index (χ0v) is 14.9. The van der Waals surface area contributed by atoms with E-state index in [1.165, 1.54) is 11.1 Å². The van der Waals surface area contributed by atoms with Crippen molar-refractivity contribution in [2.45, 2.75) is 26.8 Å². The first kappa shape index (κ1) is 16.3. The van der Waals surface area contributed by atoms with Crippen LogP contribution < -0.4 is 0 Å². The highest BCUT2D eigenvalue weighted by atomic mass is 16.3. The Balaban J connectivity index is 1.43. The van der Waals surface area contributed by atoms with Crippen LogP contribution in [0.25, 0.3) is 11.3 Å². The van der Waals surface area contributed by atoms with Crippen LogP contribution >= 0.6 is 0 Å². The average Bonchev–Trinajstić information content (AvgIpc) is 3.26. The summed E-state index contributed by atoms with van der Waals surface area (Å²) in [6, 6.07) is 16.5. The second-order valence-electron chi connectivity index (χ2n) is 6.50. The molecule has 0 radical (unpaired) electrons.